The number of hydrogen-bond acceptors (Lipinski definition) is 3. The molecule has 1 aliphatic carbocycles. The fourth-order valence-corrected chi connectivity index (χ4v) is 3.06. The topological polar surface area (TPSA) is 62.4 Å². The van der Waals surface area contributed by atoms with Crippen molar-refractivity contribution < 1.29 is 9.53 Å². The second-order valence-electron chi connectivity index (χ2n) is 5.20. The first-order chi connectivity index (χ1) is 9.25. The average molecular weight is 262 g/mol. The summed E-state index contributed by atoms with van der Waals surface area (Å²) in [5.74, 6) is -0.00329. The summed E-state index contributed by atoms with van der Waals surface area (Å²) in [6.45, 7) is 1.25. The van der Waals surface area contributed by atoms with Gasteiger partial charge in [-0.2, -0.15) is 0 Å². The molecule has 1 saturated heterocycles. The third-order valence-electron chi connectivity index (χ3n) is 4.02. The van der Waals surface area contributed by atoms with Gasteiger partial charge in [-0.15, -0.1) is 0 Å². The van der Waals surface area contributed by atoms with Gasteiger partial charge in [-0.05, 0) is 18.9 Å². The van der Waals surface area contributed by atoms with Crippen molar-refractivity contribution >= 4 is 5.91 Å². The van der Waals surface area contributed by atoms with E-state index in [0.717, 1.165) is 19.3 Å². The number of carbonyl (C=O) groups is 1. The number of amides is 1. The predicted octanol–water partition coefficient (Wildman–Crippen LogP) is 1.16. The molecular formula is C14H18N2O3. The molecule has 1 aromatic heterocycles. The lowest BCUT2D eigenvalue weighted by Crippen LogP contribution is -2.54. The minimum atomic E-state index is -0.186. The van der Waals surface area contributed by atoms with Crippen molar-refractivity contribution in [3.8, 4) is 0 Å². The molecule has 1 aliphatic heterocycles. The number of nitrogens with one attached hydrogen (secondary N) is 1. The molecule has 0 radical (unpaired) electrons. The Balaban J connectivity index is 1.81. The number of nitrogens with zero attached hydrogens (tertiary/aromatic N) is 1. The number of ether oxygens (including phenoxy) is 1. The first kappa shape index (κ1) is 12.4. The van der Waals surface area contributed by atoms with E-state index >= 15 is 0 Å². The Labute approximate surface area is 111 Å². The van der Waals surface area contributed by atoms with Gasteiger partial charge in [-0.25, -0.2) is 0 Å². The molecule has 1 N–H and O–H groups in total. The van der Waals surface area contributed by atoms with Gasteiger partial charge in [0, 0.05) is 18.8 Å². The number of rotatable bonds is 1. The quantitative estimate of drug-likeness (QED) is 0.826. The van der Waals surface area contributed by atoms with Crippen LogP contribution in [0.3, 0.4) is 0 Å². The molecule has 0 aromatic carbocycles. The second-order valence-corrected chi connectivity index (χ2v) is 5.20. The Morgan fingerprint density at radius 1 is 1.32 bits per heavy atom. The summed E-state index contributed by atoms with van der Waals surface area (Å²) in [6.07, 6.45) is 6.08. The van der Waals surface area contributed by atoms with Crippen molar-refractivity contribution in [1.29, 1.82) is 0 Å². The molecule has 0 spiro atoms. The molecule has 2 fully saturated rings. The highest BCUT2D eigenvalue weighted by molar-refractivity contribution is 5.94. The molecule has 2 heterocycles. The van der Waals surface area contributed by atoms with E-state index in [4.69, 9.17) is 4.74 Å². The summed E-state index contributed by atoms with van der Waals surface area (Å²) >= 11 is 0. The number of carbonyl (C=O) groups excluding carboxylic acids is 1. The maximum Gasteiger partial charge on any atom is 0.255 e. The van der Waals surface area contributed by atoms with Crippen LogP contribution in [-0.2, 0) is 4.74 Å². The lowest BCUT2D eigenvalue weighted by Gasteiger charge is -2.43. The molecule has 3 rings (SSSR count). The van der Waals surface area contributed by atoms with Crippen LogP contribution in [0, 0.1) is 0 Å². The fourth-order valence-electron chi connectivity index (χ4n) is 3.06. The van der Waals surface area contributed by atoms with E-state index in [1.54, 1.807) is 6.07 Å². The molecule has 1 saturated carbocycles. The first-order valence-electron chi connectivity index (χ1n) is 6.87. The molecule has 2 atom stereocenters. The van der Waals surface area contributed by atoms with Gasteiger partial charge in [0.25, 0.3) is 5.91 Å². The van der Waals surface area contributed by atoms with Crippen LogP contribution in [0.4, 0.5) is 0 Å². The van der Waals surface area contributed by atoms with Crippen LogP contribution < -0.4 is 5.56 Å². The zero-order valence-corrected chi connectivity index (χ0v) is 10.8. The summed E-state index contributed by atoms with van der Waals surface area (Å²) in [5, 5.41) is 0. The molecule has 5 heteroatoms. The Morgan fingerprint density at radius 3 is 2.95 bits per heavy atom. The van der Waals surface area contributed by atoms with Crippen molar-refractivity contribution in [3.63, 3.8) is 0 Å². The summed E-state index contributed by atoms with van der Waals surface area (Å²) in [5.41, 5.74) is 0.361. The third-order valence-corrected chi connectivity index (χ3v) is 4.02. The Hall–Kier alpha value is -1.62. The fraction of sp³-hybridized carbons (Fsp3) is 0.571. The molecule has 5 nitrogen and oxygen atoms in total. The monoisotopic (exact) mass is 262 g/mol. The van der Waals surface area contributed by atoms with Gasteiger partial charge >= 0.3 is 0 Å². The largest absolute Gasteiger partial charge is 0.374 e. The highest BCUT2D eigenvalue weighted by atomic mass is 16.5. The SMILES string of the molecule is O=C(c1ccc(=O)[nH]c1)N1CCO[C@H]2CCCC[C@H]21. The third kappa shape index (κ3) is 2.42. The van der Waals surface area contributed by atoms with Crippen LogP contribution in [0.5, 0.6) is 0 Å². The lowest BCUT2D eigenvalue weighted by molar-refractivity contribution is -0.0752. The summed E-state index contributed by atoms with van der Waals surface area (Å²) in [4.78, 5) is 28.0. The molecule has 0 bridgehead atoms. The second kappa shape index (κ2) is 5.17. The Morgan fingerprint density at radius 2 is 2.16 bits per heavy atom. The predicted molar refractivity (Wildman–Crippen MR) is 70.1 cm³/mol. The molecule has 19 heavy (non-hydrogen) atoms. The maximum absolute atomic E-state index is 12.5. The molecule has 102 valence electrons. The summed E-state index contributed by atoms with van der Waals surface area (Å²) < 4.78 is 5.77. The number of aromatic amines is 1. The van der Waals surface area contributed by atoms with E-state index in [9.17, 15) is 9.59 Å². The summed E-state index contributed by atoms with van der Waals surface area (Å²) in [7, 11) is 0. The minimum absolute atomic E-state index is 0.00329. The van der Waals surface area contributed by atoms with Crippen molar-refractivity contribution in [3.05, 3.63) is 34.2 Å². The number of H-pyrrole nitrogens is 1. The van der Waals surface area contributed by atoms with Crippen molar-refractivity contribution in [2.75, 3.05) is 13.2 Å². The number of pyridine rings is 1. The van der Waals surface area contributed by atoms with Crippen molar-refractivity contribution in [2.45, 2.75) is 37.8 Å². The maximum atomic E-state index is 12.5. The number of fused-ring (bicyclic) bond motifs is 1. The van der Waals surface area contributed by atoms with E-state index in [0.29, 0.717) is 18.7 Å². The smallest absolute Gasteiger partial charge is 0.255 e. The van der Waals surface area contributed by atoms with E-state index in [2.05, 4.69) is 4.98 Å². The van der Waals surface area contributed by atoms with Gasteiger partial charge in [0.15, 0.2) is 0 Å². The van der Waals surface area contributed by atoms with E-state index < -0.39 is 0 Å². The standard InChI is InChI=1S/C14H18N2O3/c17-13-6-5-10(9-15-13)14(18)16-7-8-19-12-4-2-1-3-11(12)16/h5-6,9,11-12H,1-4,7-8H2,(H,15,17)/t11-,12+/m1/s1. The Bertz CT molecular complexity index is 503. The van der Waals surface area contributed by atoms with Gasteiger partial charge in [-0.1, -0.05) is 12.8 Å². The van der Waals surface area contributed by atoms with Gasteiger partial charge in [0.05, 0.1) is 24.3 Å². The highest BCUT2D eigenvalue weighted by Crippen LogP contribution is 2.29. The van der Waals surface area contributed by atoms with Crippen LogP contribution in [-0.4, -0.2) is 41.1 Å². The van der Waals surface area contributed by atoms with Gasteiger partial charge in [0.2, 0.25) is 5.56 Å². The van der Waals surface area contributed by atoms with E-state index in [1.165, 1.54) is 18.7 Å². The molecular weight excluding hydrogens is 244 g/mol. The number of morpholine rings is 1. The van der Waals surface area contributed by atoms with Crippen LogP contribution >= 0.6 is 0 Å². The van der Waals surface area contributed by atoms with Crippen LogP contribution in [0.15, 0.2) is 23.1 Å². The van der Waals surface area contributed by atoms with Crippen molar-refractivity contribution in [1.82, 2.24) is 9.88 Å². The van der Waals surface area contributed by atoms with Gasteiger partial charge in [0.1, 0.15) is 0 Å². The lowest BCUT2D eigenvalue weighted by atomic mass is 9.90. The average Bonchev–Trinajstić information content (AvgIpc) is 2.47. The van der Waals surface area contributed by atoms with Crippen molar-refractivity contribution in [2.24, 2.45) is 0 Å². The highest BCUT2D eigenvalue weighted by Gasteiger charge is 2.36. The van der Waals surface area contributed by atoms with Gasteiger partial charge in [-0.3, -0.25) is 9.59 Å². The molecule has 2 aliphatic rings. The summed E-state index contributed by atoms with van der Waals surface area (Å²) in [6, 6.07) is 3.18. The zero-order valence-electron chi connectivity index (χ0n) is 10.8. The minimum Gasteiger partial charge on any atom is -0.374 e. The van der Waals surface area contributed by atoms with E-state index in [1.807, 2.05) is 4.90 Å². The first-order valence-corrected chi connectivity index (χ1v) is 6.87. The van der Waals surface area contributed by atoms with Gasteiger partial charge < -0.3 is 14.6 Å². The van der Waals surface area contributed by atoms with Crippen LogP contribution in [0.2, 0.25) is 0 Å². The molecule has 1 aromatic rings. The molecule has 1 amide bonds. The number of aromatic nitrogens is 1. The van der Waals surface area contributed by atoms with Crippen LogP contribution in [0.1, 0.15) is 36.0 Å². The van der Waals surface area contributed by atoms with Crippen LogP contribution in [0.25, 0.3) is 0 Å². The Kier molecular flexibility index (Phi) is 3.38. The normalized spacial score (nSPS) is 26.8. The van der Waals surface area contributed by atoms with E-state index in [-0.39, 0.29) is 23.6 Å². The number of hydrogen-bond donors (Lipinski definition) is 1. The molecule has 0 unspecified atom stereocenters. The zero-order chi connectivity index (χ0) is 13.2.